The normalized spacial score (nSPS) is 11.5. The Morgan fingerprint density at radius 2 is 2.18 bits per heavy atom. The highest BCUT2D eigenvalue weighted by Crippen LogP contribution is 2.20. The third-order valence-corrected chi connectivity index (χ3v) is 5.66. The first-order valence-corrected chi connectivity index (χ1v) is 8.63. The minimum absolute atomic E-state index is 0.215. The molecule has 0 aromatic heterocycles. The number of hydrogen-bond donors (Lipinski definition) is 0. The summed E-state index contributed by atoms with van der Waals surface area (Å²) >= 11 is 5.73. The summed E-state index contributed by atoms with van der Waals surface area (Å²) in [6.45, 7) is 4.10. The summed E-state index contributed by atoms with van der Waals surface area (Å²) < 4.78 is 18.7. The van der Waals surface area contributed by atoms with Crippen LogP contribution in [-0.4, -0.2) is 18.7 Å². The molecule has 0 aliphatic rings. The van der Waals surface area contributed by atoms with Gasteiger partial charge >= 0.3 is 5.69 Å². The number of alkyl halides is 1. The van der Waals surface area contributed by atoms with Crippen LogP contribution in [0.25, 0.3) is 0 Å². The number of nitro benzene ring substituents is 1. The van der Waals surface area contributed by atoms with E-state index in [-0.39, 0.29) is 6.61 Å². The van der Waals surface area contributed by atoms with Gasteiger partial charge in [-0.3, -0.25) is 10.1 Å². The molecule has 94 valence electrons. The van der Waals surface area contributed by atoms with Gasteiger partial charge in [0.15, 0.2) is 0 Å². The van der Waals surface area contributed by atoms with E-state index < -0.39 is 24.7 Å². The Balaban J connectivity index is 2.80. The quantitative estimate of drug-likeness (QED) is 0.359. The molecule has 0 bridgehead atoms. The van der Waals surface area contributed by atoms with Gasteiger partial charge in [0.2, 0.25) is 14.1 Å². The molecule has 0 fully saturated rings. The monoisotopic (exact) mass is 277 g/mol. The van der Waals surface area contributed by atoms with Gasteiger partial charge in [0.25, 0.3) is 0 Å². The van der Waals surface area contributed by atoms with Gasteiger partial charge in [-0.2, -0.15) is 4.39 Å². The Morgan fingerprint density at radius 3 is 2.71 bits per heavy atom. The molecule has 1 aromatic carbocycles. The van der Waals surface area contributed by atoms with Crippen LogP contribution >= 0.6 is 11.6 Å². The maximum absolute atomic E-state index is 13.1. The summed E-state index contributed by atoms with van der Waals surface area (Å²) in [5.74, 6) is -0.840. The lowest BCUT2D eigenvalue weighted by Gasteiger charge is -2.19. The van der Waals surface area contributed by atoms with Gasteiger partial charge in [-0.15, -0.1) is 11.6 Å². The summed E-state index contributed by atoms with van der Waals surface area (Å²) in [5, 5.41) is 10.5. The summed E-state index contributed by atoms with van der Waals surface area (Å²) in [7, 11) is -1.92. The highest BCUT2D eigenvalue weighted by molar-refractivity contribution is 6.77. The number of nitro groups is 1. The van der Waals surface area contributed by atoms with Crippen molar-refractivity contribution >= 4 is 25.6 Å². The van der Waals surface area contributed by atoms with Crippen molar-refractivity contribution in [2.24, 2.45) is 0 Å². The van der Waals surface area contributed by atoms with E-state index in [1.54, 1.807) is 0 Å². The molecule has 0 spiro atoms. The number of benzene rings is 1. The Kier molecular flexibility index (Phi) is 4.61. The minimum atomic E-state index is -1.92. The second kappa shape index (κ2) is 5.57. The van der Waals surface area contributed by atoms with E-state index in [1.165, 1.54) is 12.1 Å². The molecule has 0 aliphatic carbocycles. The largest absolute Gasteiger partial charge is 0.412 e. The molecule has 1 aromatic rings. The average molecular weight is 278 g/mol. The standard InChI is InChI=1S/C10H13ClFNO3Si/c1-17(2,7-11)16-6-8-3-4-9(12)10(5-8)13(14)15/h3-5H,6-7H2,1-2H3. The molecule has 0 radical (unpaired) electrons. The molecular weight excluding hydrogens is 265 g/mol. The van der Waals surface area contributed by atoms with Crippen LogP contribution in [0.1, 0.15) is 5.56 Å². The molecular formula is C10H13ClFNO3Si. The third kappa shape index (κ3) is 4.07. The third-order valence-electron chi connectivity index (χ3n) is 2.16. The lowest BCUT2D eigenvalue weighted by molar-refractivity contribution is -0.387. The molecule has 0 amide bonds. The van der Waals surface area contributed by atoms with Gasteiger partial charge in [-0.25, -0.2) is 0 Å². The molecule has 1 rings (SSSR count). The number of rotatable bonds is 5. The van der Waals surface area contributed by atoms with Gasteiger partial charge in [0.1, 0.15) is 0 Å². The molecule has 0 saturated carbocycles. The van der Waals surface area contributed by atoms with Gasteiger partial charge in [-0.1, -0.05) is 6.07 Å². The van der Waals surface area contributed by atoms with Crippen LogP contribution < -0.4 is 0 Å². The van der Waals surface area contributed by atoms with Gasteiger partial charge < -0.3 is 4.43 Å². The van der Waals surface area contributed by atoms with E-state index >= 15 is 0 Å². The van der Waals surface area contributed by atoms with Gasteiger partial charge in [-0.05, 0) is 24.7 Å². The van der Waals surface area contributed by atoms with Crippen molar-refractivity contribution in [1.82, 2.24) is 0 Å². The minimum Gasteiger partial charge on any atom is -0.412 e. The first-order valence-electron chi connectivity index (χ1n) is 4.98. The van der Waals surface area contributed by atoms with Crippen LogP contribution in [-0.2, 0) is 11.0 Å². The predicted molar refractivity (Wildman–Crippen MR) is 66.0 cm³/mol. The molecule has 0 unspecified atom stereocenters. The number of halogens is 2. The second-order valence-electron chi connectivity index (χ2n) is 4.22. The van der Waals surface area contributed by atoms with Crippen molar-refractivity contribution in [3.63, 3.8) is 0 Å². The number of nitrogens with zero attached hydrogens (tertiary/aromatic N) is 1. The Morgan fingerprint density at radius 1 is 1.53 bits per heavy atom. The van der Waals surface area contributed by atoms with Crippen molar-refractivity contribution in [1.29, 1.82) is 0 Å². The second-order valence-corrected chi connectivity index (χ2v) is 9.10. The van der Waals surface area contributed by atoms with E-state index in [9.17, 15) is 14.5 Å². The molecule has 0 N–H and O–H groups in total. The van der Waals surface area contributed by atoms with E-state index in [2.05, 4.69) is 0 Å². The molecule has 0 aliphatic heterocycles. The van der Waals surface area contributed by atoms with E-state index in [1.807, 2.05) is 13.1 Å². The van der Waals surface area contributed by atoms with Crippen LogP contribution in [0.4, 0.5) is 10.1 Å². The van der Waals surface area contributed by atoms with E-state index in [0.29, 0.717) is 11.1 Å². The zero-order valence-electron chi connectivity index (χ0n) is 9.57. The number of hydrogen-bond acceptors (Lipinski definition) is 3. The molecule has 0 saturated heterocycles. The van der Waals surface area contributed by atoms with E-state index in [4.69, 9.17) is 16.0 Å². The molecule has 7 heteroatoms. The summed E-state index contributed by atoms with van der Waals surface area (Å²) in [6.07, 6.45) is 0. The fourth-order valence-electron chi connectivity index (χ4n) is 1.11. The Labute approximate surface area is 105 Å². The van der Waals surface area contributed by atoms with Crippen molar-refractivity contribution in [2.45, 2.75) is 19.7 Å². The maximum Gasteiger partial charge on any atom is 0.305 e. The fourth-order valence-corrected chi connectivity index (χ4v) is 1.97. The topological polar surface area (TPSA) is 52.4 Å². The summed E-state index contributed by atoms with van der Waals surface area (Å²) in [6, 6.07) is 3.74. The Bertz CT molecular complexity index is 428. The fraction of sp³-hybridized carbons (Fsp3) is 0.400. The zero-order chi connectivity index (χ0) is 13.1. The van der Waals surface area contributed by atoms with Crippen LogP contribution in [0.15, 0.2) is 18.2 Å². The van der Waals surface area contributed by atoms with Crippen molar-refractivity contribution < 1.29 is 13.7 Å². The van der Waals surface area contributed by atoms with Crippen LogP contribution in [0.5, 0.6) is 0 Å². The molecule has 0 atom stereocenters. The smallest absolute Gasteiger partial charge is 0.305 e. The SMILES string of the molecule is C[Si](C)(CCl)OCc1ccc(F)c([N+](=O)[O-])c1. The van der Waals surface area contributed by atoms with Crippen molar-refractivity contribution in [3.8, 4) is 0 Å². The molecule has 17 heavy (non-hydrogen) atoms. The van der Waals surface area contributed by atoms with Crippen LogP contribution in [0, 0.1) is 15.9 Å². The average Bonchev–Trinajstić information content (AvgIpc) is 2.27. The van der Waals surface area contributed by atoms with Crippen LogP contribution in [0.2, 0.25) is 13.1 Å². The molecule has 4 nitrogen and oxygen atoms in total. The Hall–Kier alpha value is -0.983. The zero-order valence-corrected chi connectivity index (χ0v) is 11.3. The van der Waals surface area contributed by atoms with Crippen molar-refractivity contribution in [2.75, 3.05) is 5.50 Å². The van der Waals surface area contributed by atoms with Crippen LogP contribution in [0.3, 0.4) is 0 Å². The lowest BCUT2D eigenvalue weighted by Crippen LogP contribution is -2.32. The lowest BCUT2D eigenvalue weighted by atomic mass is 10.2. The molecule has 0 heterocycles. The van der Waals surface area contributed by atoms with E-state index in [0.717, 1.165) is 6.07 Å². The van der Waals surface area contributed by atoms with Gasteiger partial charge in [0.05, 0.1) is 11.5 Å². The van der Waals surface area contributed by atoms with Crippen molar-refractivity contribution in [3.05, 3.63) is 39.7 Å². The highest BCUT2D eigenvalue weighted by Gasteiger charge is 2.21. The maximum atomic E-state index is 13.1. The highest BCUT2D eigenvalue weighted by atomic mass is 35.5. The first-order chi connectivity index (χ1) is 7.85. The predicted octanol–water partition coefficient (Wildman–Crippen LogP) is 3.23. The first kappa shape index (κ1) is 14.1. The summed E-state index contributed by atoms with van der Waals surface area (Å²) in [5.41, 5.74) is 0.483. The van der Waals surface area contributed by atoms with Gasteiger partial charge in [0, 0.05) is 11.6 Å². The summed E-state index contributed by atoms with van der Waals surface area (Å²) in [4.78, 5) is 9.80.